The van der Waals surface area contributed by atoms with Gasteiger partial charge in [0, 0.05) is 19.1 Å². The number of nitrogens with one attached hydrogen (secondary N) is 1. The topological polar surface area (TPSA) is 66.5 Å². The molecule has 3 rings (SSSR count). The molecule has 1 N–H and O–H groups in total. The molecular weight excluding hydrogens is 324 g/mol. The van der Waals surface area contributed by atoms with Crippen LogP contribution in [0.5, 0.6) is 0 Å². The van der Waals surface area contributed by atoms with E-state index in [1.165, 1.54) is 19.3 Å². The van der Waals surface area contributed by atoms with E-state index >= 15 is 0 Å². The van der Waals surface area contributed by atoms with Crippen molar-refractivity contribution in [3.63, 3.8) is 0 Å². The van der Waals surface area contributed by atoms with E-state index in [9.17, 15) is 13.2 Å². The van der Waals surface area contributed by atoms with Crippen LogP contribution in [0.4, 0.5) is 4.79 Å². The molecule has 1 saturated carbocycles. The van der Waals surface area contributed by atoms with Gasteiger partial charge in [0.2, 0.25) is 0 Å². The highest BCUT2D eigenvalue weighted by Crippen LogP contribution is 2.25. The predicted molar refractivity (Wildman–Crippen MR) is 93.6 cm³/mol. The molecule has 132 valence electrons. The van der Waals surface area contributed by atoms with Crippen LogP contribution >= 0.6 is 0 Å². The van der Waals surface area contributed by atoms with E-state index in [0.29, 0.717) is 30.8 Å². The molecule has 0 aromatic heterocycles. The van der Waals surface area contributed by atoms with Crippen LogP contribution in [0.1, 0.15) is 44.9 Å². The number of nitrogens with zero attached hydrogens (tertiary/aromatic N) is 1. The Morgan fingerprint density at radius 1 is 0.958 bits per heavy atom. The van der Waals surface area contributed by atoms with Gasteiger partial charge in [-0.2, -0.15) is 0 Å². The third-order valence-electron chi connectivity index (χ3n) is 5.17. The highest BCUT2D eigenvalue weighted by Gasteiger charge is 2.33. The molecule has 1 aromatic rings. The number of hydrogen-bond donors (Lipinski definition) is 1. The smallest absolute Gasteiger partial charge is 0.317 e. The lowest BCUT2D eigenvalue weighted by molar-refractivity contribution is 0.179. The second kappa shape index (κ2) is 7.55. The first-order valence-electron chi connectivity index (χ1n) is 8.92. The third-order valence-corrected chi connectivity index (χ3v) is 7.45. The van der Waals surface area contributed by atoms with E-state index in [-0.39, 0.29) is 12.1 Å². The van der Waals surface area contributed by atoms with Crippen molar-refractivity contribution in [2.45, 2.75) is 61.1 Å². The highest BCUT2D eigenvalue weighted by molar-refractivity contribution is 7.92. The van der Waals surface area contributed by atoms with Crippen molar-refractivity contribution in [3.8, 4) is 0 Å². The zero-order valence-electron chi connectivity index (χ0n) is 14.0. The monoisotopic (exact) mass is 350 g/mol. The molecule has 24 heavy (non-hydrogen) atoms. The number of amides is 2. The number of likely N-dealkylation sites (tertiary alicyclic amines) is 1. The quantitative estimate of drug-likeness (QED) is 0.911. The average molecular weight is 350 g/mol. The van der Waals surface area contributed by atoms with E-state index < -0.39 is 15.1 Å². The number of urea groups is 1. The fraction of sp³-hybridized carbons (Fsp3) is 0.611. The molecule has 1 saturated heterocycles. The van der Waals surface area contributed by atoms with Gasteiger partial charge in [0.05, 0.1) is 10.1 Å². The maximum Gasteiger partial charge on any atom is 0.317 e. The van der Waals surface area contributed by atoms with Crippen LogP contribution in [0.2, 0.25) is 0 Å². The Labute approximate surface area is 144 Å². The largest absolute Gasteiger partial charge is 0.335 e. The predicted octanol–water partition coefficient (Wildman–Crippen LogP) is 2.97. The zero-order valence-corrected chi connectivity index (χ0v) is 14.8. The molecular formula is C18H26N2O3S. The SMILES string of the molecule is O=C(NC1CCCCC1)N1CCC(S(=O)(=O)c2ccccc2)CC1. The maximum absolute atomic E-state index is 12.7. The summed E-state index contributed by atoms with van der Waals surface area (Å²) in [5, 5.41) is 2.72. The Morgan fingerprint density at radius 2 is 1.58 bits per heavy atom. The van der Waals surface area contributed by atoms with Crippen LogP contribution in [0.25, 0.3) is 0 Å². The second-order valence-corrected chi connectivity index (χ2v) is 9.06. The molecule has 0 spiro atoms. The summed E-state index contributed by atoms with van der Waals surface area (Å²) in [6, 6.07) is 8.88. The number of sulfone groups is 1. The normalized spacial score (nSPS) is 20.8. The summed E-state index contributed by atoms with van der Waals surface area (Å²) in [4.78, 5) is 14.5. The van der Waals surface area contributed by atoms with Gasteiger partial charge in [0.15, 0.2) is 9.84 Å². The molecule has 2 amide bonds. The molecule has 2 aliphatic rings. The van der Waals surface area contributed by atoms with Crippen molar-refractivity contribution in [3.05, 3.63) is 30.3 Å². The number of hydrogen-bond acceptors (Lipinski definition) is 3. The molecule has 5 nitrogen and oxygen atoms in total. The number of rotatable bonds is 3. The Balaban J connectivity index is 1.54. The second-order valence-electron chi connectivity index (χ2n) is 6.83. The summed E-state index contributed by atoms with van der Waals surface area (Å²) >= 11 is 0. The summed E-state index contributed by atoms with van der Waals surface area (Å²) in [7, 11) is -3.30. The summed E-state index contributed by atoms with van der Waals surface area (Å²) in [6.45, 7) is 1.02. The summed E-state index contributed by atoms with van der Waals surface area (Å²) in [5.41, 5.74) is 0. The minimum Gasteiger partial charge on any atom is -0.335 e. The van der Waals surface area contributed by atoms with Gasteiger partial charge >= 0.3 is 6.03 Å². The molecule has 0 bridgehead atoms. The van der Waals surface area contributed by atoms with Crippen LogP contribution in [-0.4, -0.2) is 43.7 Å². The number of piperidine rings is 1. The molecule has 0 radical (unpaired) electrons. The lowest BCUT2D eigenvalue weighted by Crippen LogP contribution is -2.49. The van der Waals surface area contributed by atoms with Crippen LogP contribution in [0.3, 0.4) is 0 Å². The van der Waals surface area contributed by atoms with Gasteiger partial charge in [0.25, 0.3) is 0 Å². The molecule has 1 aliphatic heterocycles. The average Bonchev–Trinajstić information content (AvgIpc) is 2.63. The zero-order chi connectivity index (χ0) is 17.0. The summed E-state index contributed by atoms with van der Waals surface area (Å²) in [6.07, 6.45) is 6.76. The Hall–Kier alpha value is -1.56. The van der Waals surface area contributed by atoms with Crippen molar-refractivity contribution in [1.29, 1.82) is 0 Å². The van der Waals surface area contributed by atoms with Gasteiger partial charge in [-0.05, 0) is 37.8 Å². The molecule has 0 unspecified atom stereocenters. The molecule has 6 heteroatoms. The van der Waals surface area contributed by atoms with Crippen molar-refractivity contribution in [2.75, 3.05) is 13.1 Å². The number of carbonyl (C=O) groups is 1. The van der Waals surface area contributed by atoms with Gasteiger partial charge in [-0.15, -0.1) is 0 Å². The van der Waals surface area contributed by atoms with Gasteiger partial charge in [-0.3, -0.25) is 0 Å². The lowest BCUT2D eigenvalue weighted by Gasteiger charge is -2.33. The summed E-state index contributed by atoms with van der Waals surface area (Å²) in [5.74, 6) is 0. The van der Waals surface area contributed by atoms with E-state index in [4.69, 9.17) is 0 Å². The summed E-state index contributed by atoms with van der Waals surface area (Å²) < 4.78 is 25.3. The standard InChI is InChI=1S/C18H26N2O3S/c21-18(19-15-7-3-1-4-8-15)20-13-11-17(12-14-20)24(22,23)16-9-5-2-6-10-16/h2,5-6,9-10,15,17H,1,3-4,7-8,11-14H2,(H,19,21). The molecule has 1 aliphatic carbocycles. The van der Waals surface area contributed by atoms with Crippen LogP contribution in [0.15, 0.2) is 35.2 Å². The molecule has 2 fully saturated rings. The van der Waals surface area contributed by atoms with Gasteiger partial charge in [0.1, 0.15) is 0 Å². The molecule has 0 atom stereocenters. The van der Waals surface area contributed by atoms with E-state index in [0.717, 1.165) is 12.8 Å². The van der Waals surface area contributed by atoms with Gasteiger partial charge < -0.3 is 10.2 Å². The maximum atomic E-state index is 12.7. The third kappa shape index (κ3) is 3.91. The minimum atomic E-state index is -3.30. The van der Waals surface area contributed by atoms with E-state index in [1.807, 2.05) is 6.07 Å². The van der Waals surface area contributed by atoms with Gasteiger partial charge in [-0.25, -0.2) is 13.2 Å². The van der Waals surface area contributed by atoms with E-state index in [1.54, 1.807) is 29.2 Å². The van der Waals surface area contributed by atoms with Crippen LogP contribution < -0.4 is 5.32 Å². The molecule has 1 heterocycles. The first-order chi connectivity index (χ1) is 11.6. The van der Waals surface area contributed by atoms with Crippen molar-refractivity contribution < 1.29 is 13.2 Å². The van der Waals surface area contributed by atoms with Gasteiger partial charge in [-0.1, -0.05) is 37.5 Å². The fourth-order valence-electron chi connectivity index (χ4n) is 3.68. The highest BCUT2D eigenvalue weighted by atomic mass is 32.2. The van der Waals surface area contributed by atoms with Crippen molar-refractivity contribution >= 4 is 15.9 Å². The Kier molecular flexibility index (Phi) is 5.43. The number of carbonyl (C=O) groups excluding carboxylic acids is 1. The first-order valence-corrected chi connectivity index (χ1v) is 10.5. The Bertz CT molecular complexity index is 646. The lowest BCUT2D eigenvalue weighted by atomic mass is 9.96. The molecule has 1 aromatic carbocycles. The first kappa shape index (κ1) is 17.3. The van der Waals surface area contributed by atoms with E-state index in [2.05, 4.69) is 5.32 Å². The minimum absolute atomic E-state index is 0.0301. The fourth-order valence-corrected chi connectivity index (χ4v) is 5.44. The Morgan fingerprint density at radius 3 is 2.21 bits per heavy atom. The van der Waals surface area contributed by atoms with Crippen LogP contribution in [0, 0.1) is 0 Å². The number of benzene rings is 1. The van der Waals surface area contributed by atoms with Crippen molar-refractivity contribution in [1.82, 2.24) is 10.2 Å². The van der Waals surface area contributed by atoms with Crippen LogP contribution in [-0.2, 0) is 9.84 Å². The van der Waals surface area contributed by atoms with Crippen molar-refractivity contribution in [2.24, 2.45) is 0 Å².